The summed E-state index contributed by atoms with van der Waals surface area (Å²) in [6.07, 6.45) is 0. The lowest BCUT2D eigenvalue weighted by Crippen LogP contribution is -2.09. The Balaban J connectivity index is 2.80. The number of nitrogen functional groups attached to an aromatic ring is 1. The molecule has 1 aromatic rings. The highest BCUT2D eigenvalue weighted by Crippen LogP contribution is 1.85. The summed E-state index contributed by atoms with van der Waals surface area (Å²) in [7, 11) is 0. The Hall–Kier alpha value is -1.73. The Labute approximate surface area is 48.5 Å². The molecule has 0 aliphatic heterocycles. The quantitative estimate of drug-likeness (QED) is 0.380. The van der Waals surface area contributed by atoms with Gasteiger partial charge in [-0.3, -0.25) is 0 Å². The van der Waals surface area contributed by atoms with Crippen molar-refractivity contribution in [2.45, 2.75) is 0 Å². The van der Waals surface area contributed by atoms with Crippen molar-refractivity contribution in [1.82, 2.24) is 20.4 Å². The molecule has 0 aromatic carbocycles. The predicted molar refractivity (Wildman–Crippen MR) is 24.6 cm³/mol. The van der Waals surface area contributed by atoms with Gasteiger partial charge in [-0.15, -0.1) is 4.91 Å². The smallest absolute Gasteiger partial charge is 0.281 e. The molecule has 0 bridgehead atoms. The van der Waals surface area contributed by atoms with E-state index in [1.807, 2.05) is 5.34 Å². The normalized spacial score (nSPS) is 8.89. The van der Waals surface area contributed by atoms with Gasteiger partial charge in [0.15, 0.2) is 5.34 Å². The fourth-order valence-electron chi connectivity index (χ4n) is 0.276. The summed E-state index contributed by atoms with van der Waals surface area (Å²) >= 11 is 0. The number of tetrazole rings is 1. The Bertz CT molecular complexity index is 205. The minimum atomic E-state index is -0.130. The van der Waals surface area contributed by atoms with Gasteiger partial charge in [0.1, 0.15) is 0 Å². The van der Waals surface area contributed by atoms with Gasteiger partial charge in [0.2, 0.25) is 0 Å². The maximum absolute atomic E-state index is 9.38. The second kappa shape index (κ2) is 2.03. The van der Waals surface area contributed by atoms with Crippen molar-refractivity contribution >= 4 is 5.95 Å². The fourth-order valence-corrected chi connectivity index (χ4v) is 0.276. The Kier molecular flexibility index (Phi) is 1.22. The maximum Gasteiger partial charge on any atom is 0.281 e. The molecule has 9 heavy (non-hydrogen) atoms. The number of nitrogens with zero attached hydrogens (tertiary/aromatic N) is 5. The van der Waals surface area contributed by atoms with E-state index in [4.69, 9.17) is 5.73 Å². The molecular weight excluding hydrogens is 128 g/mol. The molecule has 0 atom stereocenters. The van der Waals surface area contributed by atoms with Crippen LogP contribution in [0.25, 0.3) is 0 Å². The van der Waals surface area contributed by atoms with Gasteiger partial charge in [0.05, 0.1) is 0 Å². The molecule has 0 fully saturated rings. The van der Waals surface area contributed by atoms with Gasteiger partial charge in [0, 0.05) is 0 Å². The third-order valence-corrected chi connectivity index (χ3v) is 0.575. The highest BCUT2D eigenvalue weighted by molar-refractivity contribution is 5.07. The van der Waals surface area contributed by atoms with Crippen molar-refractivity contribution in [3.63, 3.8) is 0 Å². The van der Waals surface area contributed by atoms with Crippen LogP contribution in [0.3, 0.4) is 0 Å². The second-order valence-electron chi connectivity index (χ2n) is 1.07. The number of aromatic nitrogens is 4. The molecule has 48 valence electrons. The molecule has 0 saturated carbocycles. The number of hydrogen-bond acceptors (Lipinski definition) is 7. The summed E-state index contributed by atoms with van der Waals surface area (Å²) in [4.78, 5) is 13.9. The number of hydrogen-bond donors (Lipinski definition) is 1. The summed E-state index contributed by atoms with van der Waals surface area (Å²) in [5.74, 6) is -0.130. The van der Waals surface area contributed by atoms with Crippen LogP contribution < -0.4 is 10.7 Å². The van der Waals surface area contributed by atoms with E-state index < -0.39 is 0 Å². The lowest BCUT2D eigenvalue weighted by atomic mass is 11.1. The average molecular weight is 130 g/mol. The maximum atomic E-state index is 9.38. The van der Waals surface area contributed by atoms with Crippen LogP contribution in [0.1, 0.15) is 0 Å². The summed E-state index contributed by atoms with van der Waals surface area (Å²) in [5.41, 5.74) is 5.03. The minimum absolute atomic E-state index is 0.130. The van der Waals surface area contributed by atoms with E-state index in [2.05, 4.69) is 20.5 Å². The topological polar surface area (TPSA) is 108 Å². The summed E-state index contributed by atoms with van der Waals surface area (Å²) in [6.45, 7) is 0. The molecule has 0 radical (unpaired) electrons. The third kappa shape index (κ3) is 0.900. The van der Waals surface area contributed by atoms with Crippen molar-refractivity contribution in [3.8, 4) is 0 Å². The van der Waals surface area contributed by atoms with Crippen LogP contribution in [0.4, 0.5) is 5.95 Å². The molecule has 0 amide bonds. The Morgan fingerprint density at radius 2 is 2.56 bits per heavy atom. The number of rotatable bonds is 2. The van der Waals surface area contributed by atoms with Crippen molar-refractivity contribution in [3.05, 3.63) is 4.91 Å². The van der Waals surface area contributed by atoms with E-state index in [9.17, 15) is 4.91 Å². The molecule has 1 heterocycles. The van der Waals surface area contributed by atoms with Gasteiger partial charge >= 0.3 is 0 Å². The lowest BCUT2D eigenvalue weighted by molar-refractivity contribution is 0.0858. The van der Waals surface area contributed by atoms with Gasteiger partial charge in [-0.05, 0) is 15.3 Å². The molecule has 1 aromatic heterocycles. The zero-order valence-electron chi connectivity index (χ0n) is 4.13. The zero-order valence-corrected chi connectivity index (χ0v) is 4.13. The van der Waals surface area contributed by atoms with Crippen LogP contribution in [0.15, 0.2) is 5.34 Å². The van der Waals surface area contributed by atoms with Crippen LogP contribution in [0.2, 0.25) is 0 Å². The largest absolute Gasteiger partial charge is 0.364 e. The molecule has 8 nitrogen and oxygen atoms in total. The third-order valence-electron chi connectivity index (χ3n) is 0.575. The number of anilines is 1. The second-order valence-corrected chi connectivity index (χ2v) is 1.07. The van der Waals surface area contributed by atoms with Crippen LogP contribution >= 0.6 is 0 Å². The van der Waals surface area contributed by atoms with Crippen molar-refractivity contribution in [1.29, 1.82) is 0 Å². The van der Waals surface area contributed by atoms with Crippen LogP contribution in [0, 0.1) is 4.91 Å². The first kappa shape index (κ1) is 5.41. The van der Waals surface area contributed by atoms with Gasteiger partial charge in [-0.25, -0.2) is 4.94 Å². The SMILES string of the molecule is Nc1nnnn1ON=O. The molecule has 0 saturated heterocycles. The Morgan fingerprint density at radius 3 is 3.00 bits per heavy atom. The fraction of sp³-hybridized carbons (Fsp3) is 0. The van der Waals surface area contributed by atoms with Gasteiger partial charge in [-0.1, -0.05) is 5.10 Å². The highest BCUT2D eigenvalue weighted by Gasteiger charge is 1.99. The predicted octanol–water partition coefficient (Wildman–Crippen LogP) is -1.63. The van der Waals surface area contributed by atoms with Gasteiger partial charge in [-0.2, -0.15) is 0 Å². The highest BCUT2D eigenvalue weighted by atomic mass is 16.9. The minimum Gasteiger partial charge on any atom is -0.364 e. The van der Waals surface area contributed by atoms with Gasteiger partial charge < -0.3 is 5.73 Å². The molecule has 0 spiro atoms. The lowest BCUT2D eigenvalue weighted by Gasteiger charge is -1.87. The molecule has 2 N–H and O–H groups in total. The van der Waals surface area contributed by atoms with E-state index in [1.165, 1.54) is 0 Å². The average Bonchev–Trinajstić information content (AvgIpc) is 2.18. The monoisotopic (exact) mass is 130 g/mol. The number of nitrogens with two attached hydrogens (primary N) is 1. The summed E-state index contributed by atoms with van der Waals surface area (Å²) < 4.78 is 0. The standard InChI is InChI=1S/CH2N6O2/c2-1-3-4-5-7(1)9-6-8/h(H2,2,3,5). The molecular formula is CH2N6O2. The molecule has 0 unspecified atom stereocenters. The first-order chi connectivity index (χ1) is 4.34. The molecule has 0 aliphatic carbocycles. The van der Waals surface area contributed by atoms with Crippen molar-refractivity contribution in [2.75, 3.05) is 5.73 Å². The van der Waals surface area contributed by atoms with E-state index in [-0.39, 0.29) is 5.95 Å². The van der Waals surface area contributed by atoms with Crippen LogP contribution in [-0.4, -0.2) is 20.4 Å². The van der Waals surface area contributed by atoms with E-state index >= 15 is 0 Å². The summed E-state index contributed by atoms with van der Waals surface area (Å²) in [6, 6.07) is 0. The van der Waals surface area contributed by atoms with E-state index in [1.54, 1.807) is 0 Å². The summed E-state index contributed by atoms with van der Waals surface area (Å²) in [5, 5.41) is 11.4. The van der Waals surface area contributed by atoms with Crippen molar-refractivity contribution in [2.24, 2.45) is 5.34 Å². The zero-order chi connectivity index (χ0) is 6.69. The van der Waals surface area contributed by atoms with E-state index in [0.29, 0.717) is 4.85 Å². The molecule has 0 aliphatic rings. The first-order valence-corrected chi connectivity index (χ1v) is 1.88. The van der Waals surface area contributed by atoms with Crippen LogP contribution in [0.5, 0.6) is 0 Å². The van der Waals surface area contributed by atoms with E-state index in [0.717, 1.165) is 0 Å². The molecule has 1 rings (SSSR count). The molecule has 8 heteroatoms. The van der Waals surface area contributed by atoms with Crippen molar-refractivity contribution < 1.29 is 4.94 Å². The van der Waals surface area contributed by atoms with Crippen LogP contribution in [-0.2, 0) is 0 Å². The Morgan fingerprint density at radius 1 is 1.78 bits per heavy atom. The first-order valence-electron chi connectivity index (χ1n) is 1.88. The van der Waals surface area contributed by atoms with Gasteiger partial charge in [0.25, 0.3) is 5.95 Å².